The zero-order chi connectivity index (χ0) is 21.7. The van der Waals surface area contributed by atoms with Crippen LogP contribution in [0, 0.1) is 5.82 Å². The number of rotatable bonds is 4. The van der Waals surface area contributed by atoms with Gasteiger partial charge in [0.05, 0.1) is 29.5 Å². The molecule has 2 aliphatic heterocycles. The van der Waals surface area contributed by atoms with Gasteiger partial charge in [-0.3, -0.25) is 9.59 Å². The van der Waals surface area contributed by atoms with Crippen molar-refractivity contribution in [3.63, 3.8) is 0 Å². The fourth-order valence-corrected chi connectivity index (χ4v) is 4.31. The van der Waals surface area contributed by atoms with Crippen LogP contribution < -0.4 is 5.32 Å². The number of nitrogens with zero attached hydrogens (tertiary/aromatic N) is 2. The highest BCUT2D eigenvalue weighted by molar-refractivity contribution is 6.06. The van der Waals surface area contributed by atoms with Gasteiger partial charge < -0.3 is 20.2 Å². The number of hydrogen-bond acceptors (Lipinski definition) is 4. The number of anilines is 2. The van der Waals surface area contributed by atoms with Crippen LogP contribution in [0.1, 0.15) is 15.9 Å². The van der Waals surface area contributed by atoms with Gasteiger partial charge in [-0.15, -0.1) is 0 Å². The molecule has 31 heavy (non-hydrogen) atoms. The second-order valence-electron chi connectivity index (χ2n) is 7.82. The van der Waals surface area contributed by atoms with Crippen molar-refractivity contribution in [2.24, 2.45) is 0 Å². The van der Waals surface area contributed by atoms with Crippen LogP contribution in [0.2, 0.25) is 0 Å². The average molecular weight is 417 g/mol. The number of carbonyl (C=O) groups excluding carboxylic acids is 2. The van der Waals surface area contributed by atoms with E-state index in [1.807, 2.05) is 24.3 Å². The Morgan fingerprint density at radius 2 is 1.94 bits per heavy atom. The molecule has 2 amide bonds. The summed E-state index contributed by atoms with van der Waals surface area (Å²) < 4.78 is 14.6. The van der Waals surface area contributed by atoms with E-state index in [9.17, 15) is 19.1 Å². The van der Waals surface area contributed by atoms with Crippen molar-refractivity contribution in [3.8, 4) is 5.75 Å². The molecule has 0 aliphatic carbocycles. The third kappa shape index (κ3) is 3.09. The molecule has 1 saturated heterocycles. The number of likely N-dealkylation sites (tertiary alicyclic amines) is 1. The van der Waals surface area contributed by atoms with Crippen LogP contribution in [0.15, 0.2) is 61.2 Å². The van der Waals surface area contributed by atoms with Gasteiger partial charge >= 0.3 is 0 Å². The summed E-state index contributed by atoms with van der Waals surface area (Å²) in [5.74, 6) is -0.785. The highest BCUT2D eigenvalue weighted by atomic mass is 19.1. The number of hydrogen-bond donors (Lipinski definition) is 2. The zero-order valence-corrected chi connectivity index (χ0v) is 16.6. The first kappa shape index (κ1) is 19.1. The normalized spacial score (nSPS) is 15.7. The SMILES string of the molecule is C=CC(=O)N1CC(N2Cc3c(F)ccc(Nc4cc(O)cc5ccccc45)c3C2=O)C1. The summed E-state index contributed by atoms with van der Waals surface area (Å²) in [6, 6.07) is 13.5. The number of fused-ring (bicyclic) bond motifs is 2. The van der Waals surface area contributed by atoms with Crippen LogP contribution in [-0.2, 0) is 11.3 Å². The molecule has 156 valence electrons. The molecule has 0 spiro atoms. The lowest BCUT2D eigenvalue weighted by Crippen LogP contribution is -2.60. The standard InChI is InChI=1S/C24H20FN3O3/c1-2-22(30)27-11-15(12-27)28-13-18-19(25)7-8-20(23(18)24(28)31)26-21-10-16(29)9-14-5-3-4-6-17(14)21/h2-10,15,26,29H,1,11-13H2. The van der Waals surface area contributed by atoms with Crippen LogP contribution in [0.3, 0.4) is 0 Å². The summed E-state index contributed by atoms with van der Waals surface area (Å²) in [5.41, 5.74) is 1.74. The van der Waals surface area contributed by atoms with Crippen molar-refractivity contribution in [2.45, 2.75) is 12.6 Å². The van der Waals surface area contributed by atoms with Gasteiger partial charge in [0.25, 0.3) is 5.91 Å². The maximum absolute atomic E-state index is 14.6. The summed E-state index contributed by atoms with van der Waals surface area (Å²) >= 11 is 0. The van der Waals surface area contributed by atoms with Crippen LogP contribution in [-0.4, -0.2) is 45.9 Å². The van der Waals surface area contributed by atoms with Crippen LogP contribution in [0.5, 0.6) is 5.75 Å². The van der Waals surface area contributed by atoms with E-state index in [2.05, 4.69) is 11.9 Å². The summed E-state index contributed by atoms with van der Waals surface area (Å²) in [7, 11) is 0. The third-order valence-corrected chi connectivity index (χ3v) is 5.96. The molecular weight excluding hydrogens is 397 g/mol. The van der Waals surface area contributed by atoms with Gasteiger partial charge in [-0.1, -0.05) is 30.8 Å². The van der Waals surface area contributed by atoms with E-state index < -0.39 is 5.82 Å². The third-order valence-electron chi connectivity index (χ3n) is 5.96. The maximum Gasteiger partial charge on any atom is 0.257 e. The minimum atomic E-state index is -0.435. The van der Waals surface area contributed by atoms with E-state index >= 15 is 0 Å². The Balaban J connectivity index is 1.47. The Bertz CT molecular complexity index is 1250. The molecule has 3 aromatic rings. The van der Waals surface area contributed by atoms with Gasteiger partial charge in [0, 0.05) is 30.1 Å². The predicted molar refractivity (Wildman–Crippen MR) is 116 cm³/mol. The summed E-state index contributed by atoms with van der Waals surface area (Å²) in [5, 5.41) is 15.1. The minimum Gasteiger partial charge on any atom is -0.508 e. The van der Waals surface area contributed by atoms with Crippen LogP contribution >= 0.6 is 0 Å². The van der Waals surface area contributed by atoms with Crippen molar-refractivity contribution in [1.29, 1.82) is 0 Å². The molecule has 3 aromatic carbocycles. The van der Waals surface area contributed by atoms with Gasteiger partial charge in [0.15, 0.2) is 0 Å². The number of phenolic OH excluding ortho intramolecular Hbond substituents is 1. The van der Waals surface area contributed by atoms with Gasteiger partial charge in [0.1, 0.15) is 11.6 Å². The molecule has 2 aliphatic rings. The molecule has 2 N–H and O–H groups in total. The van der Waals surface area contributed by atoms with E-state index in [4.69, 9.17) is 0 Å². The van der Waals surface area contributed by atoms with Crippen molar-refractivity contribution in [3.05, 3.63) is 78.1 Å². The van der Waals surface area contributed by atoms with E-state index in [1.165, 1.54) is 12.1 Å². The predicted octanol–water partition coefficient (Wildman–Crippen LogP) is 3.78. The average Bonchev–Trinajstić information content (AvgIpc) is 3.07. The smallest absolute Gasteiger partial charge is 0.257 e. The zero-order valence-electron chi connectivity index (χ0n) is 16.6. The second-order valence-corrected chi connectivity index (χ2v) is 7.82. The van der Waals surface area contributed by atoms with Gasteiger partial charge in [-0.05, 0) is 29.7 Å². The van der Waals surface area contributed by atoms with Gasteiger partial charge in [-0.25, -0.2) is 4.39 Å². The lowest BCUT2D eigenvalue weighted by atomic mass is 10.0. The largest absolute Gasteiger partial charge is 0.508 e. The Morgan fingerprint density at radius 3 is 2.71 bits per heavy atom. The number of halogens is 1. The lowest BCUT2D eigenvalue weighted by Gasteiger charge is -2.43. The molecule has 0 radical (unpaired) electrons. The van der Waals surface area contributed by atoms with Crippen molar-refractivity contribution >= 4 is 34.0 Å². The molecule has 0 atom stereocenters. The fraction of sp³-hybridized carbons (Fsp3) is 0.167. The number of phenols is 1. The fourth-order valence-electron chi connectivity index (χ4n) is 4.31. The van der Waals surface area contributed by atoms with Crippen molar-refractivity contribution < 1.29 is 19.1 Å². The van der Waals surface area contributed by atoms with Crippen molar-refractivity contribution in [2.75, 3.05) is 18.4 Å². The van der Waals surface area contributed by atoms with Gasteiger partial charge in [-0.2, -0.15) is 0 Å². The minimum absolute atomic E-state index is 0.0920. The number of nitrogens with one attached hydrogen (secondary N) is 1. The number of amides is 2. The van der Waals surface area contributed by atoms with E-state index in [1.54, 1.807) is 28.0 Å². The molecule has 0 bridgehead atoms. The van der Waals surface area contributed by atoms with Crippen molar-refractivity contribution in [1.82, 2.24) is 9.80 Å². The quantitative estimate of drug-likeness (QED) is 0.634. The molecular formula is C24H20FN3O3. The topological polar surface area (TPSA) is 72.9 Å². The van der Waals surface area contributed by atoms with Crippen LogP contribution in [0.4, 0.5) is 15.8 Å². The molecule has 5 rings (SSSR count). The second kappa shape index (κ2) is 7.12. The van der Waals surface area contributed by atoms with Crippen LogP contribution in [0.25, 0.3) is 10.8 Å². The Hall–Kier alpha value is -3.87. The van der Waals surface area contributed by atoms with E-state index in [-0.39, 0.29) is 30.2 Å². The van der Waals surface area contributed by atoms with E-state index in [0.717, 1.165) is 10.8 Å². The first-order valence-corrected chi connectivity index (χ1v) is 9.98. The highest BCUT2D eigenvalue weighted by Gasteiger charge is 2.42. The first-order valence-electron chi connectivity index (χ1n) is 9.98. The molecule has 0 aromatic heterocycles. The molecule has 2 heterocycles. The monoisotopic (exact) mass is 417 g/mol. The highest BCUT2D eigenvalue weighted by Crippen LogP contribution is 2.37. The summed E-state index contributed by atoms with van der Waals surface area (Å²) in [6.45, 7) is 4.46. The first-order chi connectivity index (χ1) is 15.0. The Morgan fingerprint density at radius 1 is 1.16 bits per heavy atom. The Kier molecular flexibility index (Phi) is 4.39. The molecule has 1 fully saturated rings. The molecule has 7 heteroatoms. The number of aromatic hydroxyl groups is 1. The number of carbonyl (C=O) groups is 2. The van der Waals surface area contributed by atoms with Gasteiger partial charge in [0.2, 0.25) is 5.91 Å². The number of benzene rings is 3. The molecule has 6 nitrogen and oxygen atoms in total. The molecule has 0 saturated carbocycles. The summed E-state index contributed by atoms with van der Waals surface area (Å²) in [6.07, 6.45) is 1.25. The summed E-state index contributed by atoms with van der Waals surface area (Å²) in [4.78, 5) is 28.1. The maximum atomic E-state index is 14.6. The Labute approximate surface area is 178 Å². The molecule has 0 unspecified atom stereocenters. The lowest BCUT2D eigenvalue weighted by molar-refractivity contribution is -0.132. The van der Waals surface area contributed by atoms with E-state index in [0.29, 0.717) is 35.6 Å².